The number of carbonyl (C=O) groups is 2. The first-order valence-electron chi connectivity index (χ1n) is 8.73. The number of hydrogen-bond acceptors (Lipinski definition) is 8. The number of nitrogens with zero attached hydrogens (tertiary/aromatic N) is 3. The second kappa shape index (κ2) is 8.24. The number of pyridine rings is 1. The predicted octanol–water partition coefficient (Wildman–Crippen LogP) is 0.886. The van der Waals surface area contributed by atoms with E-state index in [2.05, 4.69) is 15.4 Å². The number of allylic oxidation sites excluding steroid dienone is 1. The lowest BCUT2D eigenvalue weighted by Crippen LogP contribution is -2.31. The Morgan fingerprint density at radius 1 is 1.36 bits per heavy atom. The van der Waals surface area contributed by atoms with Crippen molar-refractivity contribution >= 4 is 28.9 Å². The number of likely N-dealkylation sites (N-methyl/N-ethyl adjacent to an activating group) is 1. The summed E-state index contributed by atoms with van der Waals surface area (Å²) in [4.78, 5) is 34.5. The number of carbonyl (C=O) groups excluding carboxylic acids is 2. The number of esters is 1. The summed E-state index contributed by atoms with van der Waals surface area (Å²) in [7, 11) is 7.19. The maximum atomic E-state index is 12.9. The Morgan fingerprint density at radius 3 is 2.86 bits per heavy atom. The number of hydrogen-bond donors (Lipinski definition) is 2. The smallest absolute Gasteiger partial charge is 0.347 e. The molecule has 2 N–H and O–H groups in total. The number of fused-ring (bicyclic) bond motifs is 1. The van der Waals surface area contributed by atoms with Gasteiger partial charge in [-0.1, -0.05) is 0 Å². The van der Waals surface area contributed by atoms with Gasteiger partial charge in [0, 0.05) is 44.0 Å². The molecule has 0 unspecified atom stereocenters. The molecule has 3 heterocycles. The molecule has 2 aromatic rings. The summed E-state index contributed by atoms with van der Waals surface area (Å²) >= 11 is 0. The third-order valence-corrected chi connectivity index (χ3v) is 3.96. The summed E-state index contributed by atoms with van der Waals surface area (Å²) < 4.78 is 10.9. The number of hydrazine groups is 1. The SMILES string of the molecule is CN(C)CCOC(=O)C1=C(NN(C)C)OC(=Cc2c[nH]c3ncccc23)C1=O. The molecule has 0 aromatic carbocycles. The Morgan fingerprint density at radius 2 is 2.14 bits per heavy atom. The Hall–Kier alpha value is -3.17. The highest BCUT2D eigenvalue weighted by molar-refractivity contribution is 6.26. The van der Waals surface area contributed by atoms with E-state index < -0.39 is 11.8 Å². The highest BCUT2D eigenvalue weighted by Crippen LogP contribution is 2.28. The molecule has 0 fully saturated rings. The molecule has 148 valence electrons. The van der Waals surface area contributed by atoms with Gasteiger partial charge >= 0.3 is 5.97 Å². The van der Waals surface area contributed by atoms with E-state index in [9.17, 15) is 9.59 Å². The standard InChI is InChI=1S/C19H23N5O4/c1-23(2)8-9-27-19(26)15-16(25)14(28-18(15)22-24(3)4)10-12-11-21-17-13(12)6-5-7-20-17/h5-7,10-11,22H,8-9H2,1-4H3,(H,20,21). The van der Waals surface area contributed by atoms with Crippen LogP contribution in [-0.4, -0.2) is 73.0 Å². The molecule has 28 heavy (non-hydrogen) atoms. The van der Waals surface area contributed by atoms with E-state index in [1.54, 1.807) is 43.6 Å². The van der Waals surface area contributed by atoms with E-state index in [-0.39, 0.29) is 23.8 Å². The topological polar surface area (TPSA) is 99.8 Å². The van der Waals surface area contributed by atoms with Gasteiger partial charge in [0.25, 0.3) is 0 Å². The van der Waals surface area contributed by atoms with Gasteiger partial charge in [-0.25, -0.2) is 14.8 Å². The Bertz CT molecular complexity index is 958. The molecule has 0 spiro atoms. The molecule has 2 aromatic heterocycles. The summed E-state index contributed by atoms with van der Waals surface area (Å²) in [5, 5.41) is 2.42. The summed E-state index contributed by atoms with van der Waals surface area (Å²) in [5.74, 6) is -1.17. The molecular weight excluding hydrogens is 362 g/mol. The number of ether oxygens (including phenoxy) is 2. The molecule has 0 aliphatic carbocycles. The van der Waals surface area contributed by atoms with Crippen molar-refractivity contribution < 1.29 is 19.1 Å². The van der Waals surface area contributed by atoms with Crippen molar-refractivity contribution in [3.8, 4) is 0 Å². The minimum absolute atomic E-state index is 0.0358. The zero-order valence-electron chi connectivity index (χ0n) is 16.3. The van der Waals surface area contributed by atoms with Gasteiger partial charge < -0.3 is 19.4 Å². The molecule has 0 saturated carbocycles. The number of H-pyrrole nitrogens is 1. The Labute approximate surface area is 162 Å². The second-order valence-electron chi connectivity index (χ2n) is 6.73. The van der Waals surface area contributed by atoms with Crippen LogP contribution in [0.2, 0.25) is 0 Å². The van der Waals surface area contributed by atoms with Gasteiger partial charge in [-0.3, -0.25) is 10.2 Å². The van der Waals surface area contributed by atoms with Crippen LogP contribution in [0.1, 0.15) is 5.56 Å². The third kappa shape index (κ3) is 4.21. The summed E-state index contributed by atoms with van der Waals surface area (Å²) in [6.45, 7) is 0.723. The molecule has 0 bridgehead atoms. The molecular formula is C19H23N5O4. The van der Waals surface area contributed by atoms with Crippen LogP contribution >= 0.6 is 0 Å². The van der Waals surface area contributed by atoms with Gasteiger partial charge in [-0.15, -0.1) is 0 Å². The Balaban J connectivity index is 1.87. The van der Waals surface area contributed by atoms with Crippen molar-refractivity contribution in [1.82, 2.24) is 25.3 Å². The quantitative estimate of drug-likeness (QED) is 0.314. The van der Waals surface area contributed by atoms with Crippen molar-refractivity contribution in [2.45, 2.75) is 0 Å². The molecule has 0 amide bonds. The Kier molecular flexibility index (Phi) is 5.76. The van der Waals surface area contributed by atoms with Gasteiger partial charge in [0.15, 0.2) is 11.3 Å². The van der Waals surface area contributed by atoms with Crippen LogP contribution in [0.4, 0.5) is 0 Å². The number of aromatic nitrogens is 2. The van der Waals surface area contributed by atoms with E-state index >= 15 is 0 Å². The van der Waals surface area contributed by atoms with E-state index in [1.807, 2.05) is 25.1 Å². The first-order valence-corrected chi connectivity index (χ1v) is 8.73. The van der Waals surface area contributed by atoms with Crippen LogP contribution in [0.25, 0.3) is 17.1 Å². The fourth-order valence-electron chi connectivity index (χ4n) is 2.63. The normalized spacial score (nSPS) is 15.8. The van der Waals surface area contributed by atoms with Crippen molar-refractivity contribution in [1.29, 1.82) is 0 Å². The van der Waals surface area contributed by atoms with Crippen molar-refractivity contribution in [2.75, 3.05) is 41.3 Å². The molecule has 0 radical (unpaired) electrons. The van der Waals surface area contributed by atoms with Crippen LogP contribution < -0.4 is 5.43 Å². The van der Waals surface area contributed by atoms with E-state index in [0.717, 1.165) is 10.9 Å². The predicted molar refractivity (Wildman–Crippen MR) is 104 cm³/mol. The number of Topliss-reactive ketones (excluding diaryl/α,β-unsaturated/α-hetero) is 1. The molecule has 9 nitrogen and oxygen atoms in total. The van der Waals surface area contributed by atoms with Crippen LogP contribution in [0, 0.1) is 0 Å². The highest BCUT2D eigenvalue weighted by atomic mass is 16.5. The number of nitrogens with one attached hydrogen (secondary N) is 2. The lowest BCUT2D eigenvalue weighted by Gasteiger charge is -2.14. The maximum Gasteiger partial charge on any atom is 0.347 e. The third-order valence-electron chi connectivity index (χ3n) is 3.96. The average Bonchev–Trinajstić information content (AvgIpc) is 3.16. The lowest BCUT2D eigenvalue weighted by atomic mass is 10.1. The fraction of sp³-hybridized carbons (Fsp3) is 0.316. The number of ketones is 1. The molecule has 1 aliphatic heterocycles. The number of rotatable bonds is 7. The van der Waals surface area contributed by atoms with Gasteiger partial charge in [0.05, 0.1) is 0 Å². The average molecular weight is 385 g/mol. The second-order valence-corrected chi connectivity index (χ2v) is 6.73. The van der Waals surface area contributed by atoms with Gasteiger partial charge in [-0.05, 0) is 32.3 Å². The van der Waals surface area contributed by atoms with E-state index in [4.69, 9.17) is 9.47 Å². The summed E-state index contributed by atoms with van der Waals surface area (Å²) in [6, 6.07) is 3.69. The van der Waals surface area contributed by atoms with Crippen molar-refractivity contribution in [3.05, 3.63) is 47.3 Å². The van der Waals surface area contributed by atoms with Crippen LogP contribution in [0.3, 0.4) is 0 Å². The maximum absolute atomic E-state index is 12.9. The van der Waals surface area contributed by atoms with Crippen LogP contribution in [0.15, 0.2) is 41.7 Å². The van der Waals surface area contributed by atoms with E-state index in [1.165, 1.54) is 0 Å². The summed E-state index contributed by atoms with van der Waals surface area (Å²) in [6.07, 6.45) is 4.99. The minimum atomic E-state index is -0.722. The number of aromatic amines is 1. The molecule has 3 rings (SSSR count). The monoisotopic (exact) mass is 385 g/mol. The lowest BCUT2D eigenvalue weighted by molar-refractivity contribution is -0.140. The zero-order valence-corrected chi connectivity index (χ0v) is 16.3. The first kappa shape index (κ1) is 19.6. The molecule has 1 aliphatic rings. The summed E-state index contributed by atoms with van der Waals surface area (Å²) in [5.41, 5.74) is 4.12. The van der Waals surface area contributed by atoms with Gasteiger partial charge in [0.2, 0.25) is 11.7 Å². The van der Waals surface area contributed by atoms with Crippen molar-refractivity contribution in [3.63, 3.8) is 0 Å². The van der Waals surface area contributed by atoms with Gasteiger partial charge in [-0.2, -0.15) is 0 Å². The van der Waals surface area contributed by atoms with E-state index in [0.29, 0.717) is 12.2 Å². The van der Waals surface area contributed by atoms with Crippen molar-refractivity contribution in [2.24, 2.45) is 0 Å². The highest BCUT2D eigenvalue weighted by Gasteiger charge is 2.37. The molecule has 0 saturated heterocycles. The largest absolute Gasteiger partial charge is 0.460 e. The zero-order chi connectivity index (χ0) is 20.3. The molecule has 9 heteroatoms. The van der Waals surface area contributed by atoms with Crippen LogP contribution in [-0.2, 0) is 19.1 Å². The fourth-order valence-corrected chi connectivity index (χ4v) is 2.63. The minimum Gasteiger partial charge on any atom is -0.460 e. The molecule has 0 atom stereocenters. The first-order chi connectivity index (χ1) is 13.4. The van der Waals surface area contributed by atoms with Crippen LogP contribution in [0.5, 0.6) is 0 Å². The van der Waals surface area contributed by atoms with Gasteiger partial charge in [0.1, 0.15) is 12.3 Å².